The summed E-state index contributed by atoms with van der Waals surface area (Å²) in [6.45, 7) is 0. The van der Waals surface area contributed by atoms with Crippen LogP contribution in [0.15, 0.2) is 223 Å². The first-order valence-corrected chi connectivity index (χ1v) is 21.6. The van der Waals surface area contributed by atoms with Crippen LogP contribution < -0.4 is 0 Å². The van der Waals surface area contributed by atoms with Crippen molar-refractivity contribution < 1.29 is 4.42 Å². The Labute approximate surface area is 368 Å². The molecule has 13 aromatic rings. The summed E-state index contributed by atoms with van der Waals surface area (Å²) in [6.07, 6.45) is 0. The average molecular weight is 817 g/mol. The van der Waals surface area contributed by atoms with Crippen molar-refractivity contribution in [3.63, 3.8) is 0 Å². The fraction of sp³-hybridized carbons (Fsp3) is 0. The van der Waals surface area contributed by atoms with Gasteiger partial charge in [-0.15, -0.1) is 0 Å². The third-order valence-electron chi connectivity index (χ3n) is 12.6. The van der Waals surface area contributed by atoms with Crippen molar-refractivity contribution in [2.75, 3.05) is 0 Å². The number of hydrogen-bond donors (Lipinski definition) is 0. The predicted octanol–water partition coefficient (Wildman–Crippen LogP) is 15.5. The number of fused-ring (bicyclic) bond motifs is 9. The topological polar surface area (TPSA) is 56.7 Å². The number of benzene rings is 10. The molecule has 298 valence electrons. The van der Waals surface area contributed by atoms with E-state index in [0.29, 0.717) is 17.5 Å². The molecule has 0 saturated carbocycles. The Morgan fingerprint density at radius 3 is 1.75 bits per heavy atom. The van der Waals surface area contributed by atoms with E-state index in [4.69, 9.17) is 19.4 Å². The summed E-state index contributed by atoms with van der Waals surface area (Å²) < 4.78 is 9.45. The van der Waals surface area contributed by atoms with Crippen LogP contribution in [0.3, 0.4) is 0 Å². The maximum atomic E-state index is 7.05. The molecular formula is C59H36N4O. The molecular weight excluding hydrogens is 781 g/mol. The lowest BCUT2D eigenvalue weighted by atomic mass is 9.94. The van der Waals surface area contributed by atoms with Gasteiger partial charge in [-0.2, -0.15) is 0 Å². The second-order valence-corrected chi connectivity index (χ2v) is 16.3. The molecule has 13 rings (SSSR count). The number of rotatable bonds is 6. The number of nitrogens with zero attached hydrogens (tertiary/aromatic N) is 4. The van der Waals surface area contributed by atoms with E-state index in [1.807, 2.05) is 42.5 Å². The minimum absolute atomic E-state index is 0.583. The van der Waals surface area contributed by atoms with Gasteiger partial charge in [0.25, 0.3) is 0 Å². The van der Waals surface area contributed by atoms with Crippen LogP contribution in [-0.2, 0) is 0 Å². The number of hydrogen-bond acceptors (Lipinski definition) is 4. The summed E-state index contributed by atoms with van der Waals surface area (Å²) >= 11 is 0. The van der Waals surface area contributed by atoms with E-state index in [0.717, 1.165) is 60.7 Å². The molecule has 0 aliphatic rings. The largest absolute Gasteiger partial charge is 0.454 e. The maximum absolute atomic E-state index is 7.05. The highest BCUT2D eigenvalue weighted by Gasteiger charge is 2.23. The van der Waals surface area contributed by atoms with Crippen molar-refractivity contribution in [3.05, 3.63) is 218 Å². The minimum Gasteiger partial charge on any atom is -0.454 e. The minimum atomic E-state index is 0.583. The molecule has 0 spiro atoms. The highest BCUT2D eigenvalue weighted by atomic mass is 16.3. The monoisotopic (exact) mass is 816 g/mol. The van der Waals surface area contributed by atoms with Crippen molar-refractivity contribution in [2.45, 2.75) is 0 Å². The van der Waals surface area contributed by atoms with Crippen molar-refractivity contribution >= 4 is 65.3 Å². The van der Waals surface area contributed by atoms with Gasteiger partial charge in [-0.25, -0.2) is 15.0 Å². The van der Waals surface area contributed by atoms with Gasteiger partial charge in [-0.3, -0.25) is 0 Å². The fourth-order valence-electron chi connectivity index (χ4n) is 9.67. The molecule has 0 unspecified atom stereocenters. The van der Waals surface area contributed by atoms with Gasteiger partial charge in [0, 0.05) is 38.2 Å². The quantitative estimate of drug-likeness (QED) is 0.168. The molecule has 5 heteroatoms. The molecule has 3 heterocycles. The second kappa shape index (κ2) is 14.5. The molecule has 0 atom stereocenters. The highest BCUT2D eigenvalue weighted by molar-refractivity contribution is 6.25. The summed E-state index contributed by atoms with van der Waals surface area (Å²) in [5.74, 6) is 1.81. The van der Waals surface area contributed by atoms with Crippen molar-refractivity contribution in [3.8, 4) is 62.1 Å². The molecule has 10 aromatic carbocycles. The Balaban J connectivity index is 1.08. The molecule has 0 aliphatic heterocycles. The van der Waals surface area contributed by atoms with E-state index in [2.05, 4.69) is 180 Å². The lowest BCUT2D eigenvalue weighted by molar-refractivity contribution is 0.666. The van der Waals surface area contributed by atoms with E-state index < -0.39 is 0 Å². The number of aromatic nitrogens is 4. The molecule has 0 saturated heterocycles. The molecule has 0 bridgehead atoms. The summed E-state index contributed by atoms with van der Waals surface area (Å²) in [4.78, 5) is 15.5. The van der Waals surface area contributed by atoms with Gasteiger partial charge in [0.15, 0.2) is 23.1 Å². The van der Waals surface area contributed by atoms with E-state index in [9.17, 15) is 0 Å². The number of para-hydroxylation sites is 1. The first kappa shape index (κ1) is 36.0. The van der Waals surface area contributed by atoms with Gasteiger partial charge in [0.2, 0.25) is 0 Å². The molecule has 0 amide bonds. The van der Waals surface area contributed by atoms with Crippen LogP contribution >= 0.6 is 0 Å². The smallest absolute Gasteiger partial charge is 0.164 e. The fourth-order valence-corrected chi connectivity index (χ4v) is 9.67. The van der Waals surface area contributed by atoms with Gasteiger partial charge in [0.1, 0.15) is 5.58 Å². The van der Waals surface area contributed by atoms with Crippen LogP contribution in [0.2, 0.25) is 0 Å². The molecule has 0 radical (unpaired) electrons. The zero-order valence-corrected chi connectivity index (χ0v) is 34.5. The molecule has 0 fully saturated rings. The summed E-state index contributed by atoms with van der Waals surface area (Å²) in [5.41, 5.74) is 12.1. The van der Waals surface area contributed by atoms with Gasteiger partial charge < -0.3 is 8.98 Å². The van der Waals surface area contributed by atoms with Gasteiger partial charge >= 0.3 is 0 Å². The van der Waals surface area contributed by atoms with Crippen LogP contribution in [0.1, 0.15) is 0 Å². The van der Waals surface area contributed by atoms with Crippen LogP contribution in [0.5, 0.6) is 0 Å². The second-order valence-electron chi connectivity index (χ2n) is 16.3. The van der Waals surface area contributed by atoms with Crippen molar-refractivity contribution in [2.24, 2.45) is 0 Å². The standard InChI is InChI=1S/C59H36N4O/c1-4-16-37(17-5-1)42-32-33-50-49(35-42)54-45-25-13-12-24-44(45)48(39-19-6-2-7-20-39)36-52(54)63(50)51-28-14-26-46-55-47(27-15-29-53(55)64-56(46)51)59-61-57(40-21-8-3-9-22-40)60-58(62-59)43-31-30-38-18-10-11-23-41(38)34-43/h1-36H. The van der Waals surface area contributed by atoms with E-state index in [1.165, 1.54) is 49.2 Å². The SMILES string of the molecule is c1ccc(-c2ccc3c(c2)c2c4ccccc4c(-c4ccccc4)cc2n3-c2cccc3c2oc2cccc(-c4nc(-c5ccccc5)nc(-c5ccc6ccccc6c5)n4)c23)cc1. The Morgan fingerprint density at radius 2 is 0.953 bits per heavy atom. The first-order chi connectivity index (χ1) is 31.7. The lowest BCUT2D eigenvalue weighted by Crippen LogP contribution is -2.00. The first-order valence-electron chi connectivity index (χ1n) is 21.6. The number of furan rings is 1. The predicted molar refractivity (Wildman–Crippen MR) is 264 cm³/mol. The van der Waals surface area contributed by atoms with E-state index in [-0.39, 0.29) is 0 Å². The summed E-state index contributed by atoms with van der Waals surface area (Å²) in [5, 5.41) is 9.04. The normalized spacial score (nSPS) is 11.8. The van der Waals surface area contributed by atoms with Crippen LogP contribution in [0.25, 0.3) is 127 Å². The highest BCUT2D eigenvalue weighted by Crippen LogP contribution is 2.45. The maximum Gasteiger partial charge on any atom is 0.164 e. The Hall–Kier alpha value is -8.67. The van der Waals surface area contributed by atoms with Gasteiger partial charge in [-0.1, -0.05) is 182 Å². The van der Waals surface area contributed by atoms with Crippen molar-refractivity contribution in [1.29, 1.82) is 0 Å². The molecule has 0 N–H and O–H groups in total. The van der Waals surface area contributed by atoms with Gasteiger partial charge in [0.05, 0.1) is 16.7 Å². The zero-order chi connectivity index (χ0) is 42.1. The zero-order valence-electron chi connectivity index (χ0n) is 34.5. The molecule has 3 aromatic heterocycles. The third-order valence-corrected chi connectivity index (χ3v) is 12.6. The Kier molecular flexibility index (Phi) is 8.15. The molecule has 0 aliphatic carbocycles. The van der Waals surface area contributed by atoms with Crippen LogP contribution in [-0.4, -0.2) is 19.5 Å². The Bertz CT molecular complexity index is 3950. The summed E-state index contributed by atoms with van der Waals surface area (Å²) in [7, 11) is 0. The van der Waals surface area contributed by atoms with E-state index >= 15 is 0 Å². The Morgan fingerprint density at radius 1 is 0.328 bits per heavy atom. The lowest BCUT2D eigenvalue weighted by Gasteiger charge is -2.12. The summed E-state index contributed by atoms with van der Waals surface area (Å²) in [6, 6.07) is 76.9. The van der Waals surface area contributed by atoms with Crippen molar-refractivity contribution in [1.82, 2.24) is 19.5 Å². The van der Waals surface area contributed by atoms with Gasteiger partial charge in [-0.05, 0) is 80.2 Å². The van der Waals surface area contributed by atoms with Crippen LogP contribution in [0.4, 0.5) is 0 Å². The van der Waals surface area contributed by atoms with Crippen LogP contribution in [0, 0.1) is 0 Å². The molecule has 5 nitrogen and oxygen atoms in total. The molecule has 64 heavy (non-hydrogen) atoms. The van der Waals surface area contributed by atoms with E-state index in [1.54, 1.807) is 0 Å². The third kappa shape index (κ3) is 5.75. The average Bonchev–Trinajstić information content (AvgIpc) is 3.92.